The SMILES string of the molecule is N=C(CC1C(N)=NCCN1Cc1c(Cl)ccc(F)c1Cl)c1nc(C2CCNCC2)no1. The van der Waals surface area contributed by atoms with Gasteiger partial charge in [0.1, 0.15) is 11.7 Å². The molecule has 0 saturated carbocycles. The van der Waals surface area contributed by atoms with E-state index in [1.807, 2.05) is 4.90 Å². The third kappa shape index (κ3) is 4.90. The van der Waals surface area contributed by atoms with Crippen LogP contribution in [0.5, 0.6) is 0 Å². The minimum absolute atomic E-state index is 0.00840. The fourth-order valence-electron chi connectivity index (χ4n) is 3.98. The quantitative estimate of drug-likeness (QED) is 0.444. The summed E-state index contributed by atoms with van der Waals surface area (Å²) in [6.07, 6.45) is 2.11. The number of aromatic nitrogens is 2. The maximum Gasteiger partial charge on any atom is 0.271 e. The first kappa shape index (κ1) is 22.1. The van der Waals surface area contributed by atoms with Crippen molar-refractivity contribution < 1.29 is 8.91 Å². The lowest BCUT2D eigenvalue weighted by Gasteiger charge is -2.34. The molecule has 2 aromatic rings. The summed E-state index contributed by atoms with van der Waals surface area (Å²) in [6.45, 7) is 3.20. The van der Waals surface area contributed by atoms with Crippen molar-refractivity contribution in [2.45, 2.75) is 37.8 Å². The minimum atomic E-state index is -0.527. The topological polar surface area (TPSA) is 116 Å². The second kappa shape index (κ2) is 9.60. The zero-order valence-electron chi connectivity index (χ0n) is 16.9. The number of nitrogens with one attached hydrogen (secondary N) is 2. The van der Waals surface area contributed by atoms with Gasteiger partial charge in [-0.3, -0.25) is 15.3 Å². The second-order valence-corrected chi connectivity index (χ2v) is 8.56. The first-order valence-corrected chi connectivity index (χ1v) is 11.0. The summed E-state index contributed by atoms with van der Waals surface area (Å²) < 4.78 is 19.3. The van der Waals surface area contributed by atoms with E-state index in [1.54, 1.807) is 0 Å². The van der Waals surface area contributed by atoms with Crippen LogP contribution in [0.1, 0.15) is 42.5 Å². The summed E-state index contributed by atoms with van der Waals surface area (Å²) in [6, 6.07) is 2.34. The number of hydrogen-bond acceptors (Lipinski definition) is 8. The van der Waals surface area contributed by atoms with Crippen molar-refractivity contribution in [1.82, 2.24) is 20.4 Å². The summed E-state index contributed by atoms with van der Waals surface area (Å²) in [7, 11) is 0. The van der Waals surface area contributed by atoms with Gasteiger partial charge in [-0.2, -0.15) is 4.98 Å². The molecule has 4 N–H and O–H groups in total. The Labute approximate surface area is 189 Å². The third-order valence-electron chi connectivity index (χ3n) is 5.77. The van der Waals surface area contributed by atoms with Crippen LogP contribution in [0.4, 0.5) is 4.39 Å². The lowest BCUT2D eigenvalue weighted by molar-refractivity contribution is 0.231. The summed E-state index contributed by atoms with van der Waals surface area (Å²) >= 11 is 12.4. The Kier molecular flexibility index (Phi) is 6.86. The molecule has 4 rings (SSSR count). The fourth-order valence-corrected chi connectivity index (χ4v) is 4.47. The van der Waals surface area contributed by atoms with Crippen molar-refractivity contribution in [3.63, 3.8) is 0 Å². The zero-order chi connectivity index (χ0) is 22.0. The van der Waals surface area contributed by atoms with Crippen molar-refractivity contribution in [3.8, 4) is 0 Å². The molecule has 1 atom stereocenters. The molecule has 0 spiro atoms. The van der Waals surface area contributed by atoms with Crippen LogP contribution < -0.4 is 11.1 Å². The second-order valence-electron chi connectivity index (χ2n) is 7.78. The smallest absolute Gasteiger partial charge is 0.271 e. The van der Waals surface area contributed by atoms with E-state index in [9.17, 15) is 4.39 Å². The number of rotatable bonds is 6. The van der Waals surface area contributed by atoms with Crippen molar-refractivity contribution in [2.75, 3.05) is 26.2 Å². The van der Waals surface area contributed by atoms with Crippen molar-refractivity contribution in [2.24, 2.45) is 10.7 Å². The Morgan fingerprint density at radius 3 is 2.87 bits per heavy atom. The highest BCUT2D eigenvalue weighted by molar-refractivity contribution is 6.36. The monoisotopic (exact) mass is 467 g/mol. The van der Waals surface area contributed by atoms with Gasteiger partial charge in [-0.05, 0) is 38.1 Å². The number of piperidine rings is 1. The molecule has 1 unspecified atom stereocenters. The molecule has 0 aliphatic carbocycles. The molecule has 1 aromatic carbocycles. The van der Waals surface area contributed by atoms with Gasteiger partial charge in [-0.15, -0.1) is 0 Å². The van der Waals surface area contributed by atoms with Crippen LogP contribution in [-0.2, 0) is 6.54 Å². The molecule has 3 heterocycles. The Morgan fingerprint density at radius 1 is 1.32 bits per heavy atom. The van der Waals surface area contributed by atoms with Gasteiger partial charge in [-0.1, -0.05) is 28.4 Å². The molecule has 0 radical (unpaired) electrons. The molecule has 31 heavy (non-hydrogen) atoms. The number of halogens is 3. The average Bonchev–Trinajstić information content (AvgIpc) is 3.27. The lowest BCUT2D eigenvalue weighted by atomic mass is 9.97. The number of nitrogens with two attached hydrogens (primary N) is 1. The Balaban J connectivity index is 1.49. The largest absolute Gasteiger partial charge is 0.386 e. The number of hydrogen-bond donors (Lipinski definition) is 3. The van der Waals surface area contributed by atoms with Gasteiger partial charge < -0.3 is 15.6 Å². The minimum Gasteiger partial charge on any atom is -0.386 e. The Hall–Kier alpha value is -2.07. The van der Waals surface area contributed by atoms with Crippen molar-refractivity contribution >= 4 is 34.7 Å². The van der Waals surface area contributed by atoms with E-state index in [0.29, 0.717) is 35.3 Å². The fraction of sp³-hybridized carbons (Fsp3) is 0.500. The number of benzene rings is 1. The van der Waals surface area contributed by atoms with Crippen LogP contribution in [0.25, 0.3) is 0 Å². The molecule has 1 aromatic heterocycles. The molecule has 2 aliphatic rings. The highest BCUT2D eigenvalue weighted by Crippen LogP contribution is 2.30. The zero-order valence-corrected chi connectivity index (χ0v) is 18.4. The molecule has 2 aliphatic heterocycles. The van der Waals surface area contributed by atoms with E-state index >= 15 is 0 Å². The van der Waals surface area contributed by atoms with Gasteiger partial charge in [0.05, 0.1) is 23.3 Å². The molecule has 1 fully saturated rings. The van der Waals surface area contributed by atoms with Gasteiger partial charge >= 0.3 is 0 Å². The number of aliphatic imine (C=N–C) groups is 1. The third-order valence-corrected chi connectivity index (χ3v) is 6.53. The van der Waals surface area contributed by atoms with Crippen molar-refractivity contribution in [3.05, 3.63) is 45.3 Å². The van der Waals surface area contributed by atoms with Gasteiger partial charge in [0.2, 0.25) is 0 Å². The molecule has 0 bridgehead atoms. The molecule has 1 saturated heterocycles. The molecule has 11 heteroatoms. The van der Waals surface area contributed by atoms with E-state index in [-0.39, 0.29) is 41.6 Å². The summed E-state index contributed by atoms with van der Waals surface area (Å²) in [5, 5.41) is 16.3. The van der Waals surface area contributed by atoms with Crippen LogP contribution in [0.3, 0.4) is 0 Å². The van der Waals surface area contributed by atoms with Crippen LogP contribution in [0.2, 0.25) is 10.0 Å². The number of amidine groups is 1. The lowest BCUT2D eigenvalue weighted by Crippen LogP contribution is -2.50. The van der Waals surface area contributed by atoms with E-state index in [0.717, 1.165) is 25.9 Å². The first-order valence-electron chi connectivity index (χ1n) is 10.2. The normalized spacial score (nSPS) is 20.6. The maximum absolute atomic E-state index is 14.0. The molecular formula is C20H24Cl2FN7O. The van der Waals surface area contributed by atoms with Crippen LogP contribution in [0, 0.1) is 11.2 Å². The molecular weight excluding hydrogens is 444 g/mol. The van der Waals surface area contributed by atoms with Crippen LogP contribution in [0.15, 0.2) is 21.6 Å². The predicted octanol–water partition coefficient (Wildman–Crippen LogP) is 2.98. The highest BCUT2D eigenvalue weighted by atomic mass is 35.5. The van der Waals surface area contributed by atoms with E-state index in [1.165, 1.54) is 12.1 Å². The molecule has 0 amide bonds. The maximum atomic E-state index is 14.0. The van der Waals surface area contributed by atoms with Gasteiger partial charge in [0.15, 0.2) is 5.82 Å². The first-order chi connectivity index (χ1) is 14.9. The predicted molar refractivity (Wildman–Crippen MR) is 118 cm³/mol. The molecule has 8 nitrogen and oxygen atoms in total. The van der Waals surface area contributed by atoms with Crippen LogP contribution >= 0.6 is 23.2 Å². The summed E-state index contributed by atoms with van der Waals surface area (Å²) in [4.78, 5) is 10.8. The van der Waals surface area contributed by atoms with E-state index in [4.69, 9.17) is 38.9 Å². The summed E-state index contributed by atoms with van der Waals surface area (Å²) in [5.74, 6) is 0.940. The Morgan fingerprint density at radius 2 is 2.10 bits per heavy atom. The van der Waals surface area contributed by atoms with Gasteiger partial charge in [0, 0.05) is 36.0 Å². The van der Waals surface area contributed by atoms with Crippen molar-refractivity contribution in [1.29, 1.82) is 5.41 Å². The van der Waals surface area contributed by atoms with Gasteiger partial charge in [0.25, 0.3) is 5.89 Å². The number of nitrogens with zero attached hydrogens (tertiary/aromatic N) is 4. The van der Waals surface area contributed by atoms with E-state index in [2.05, 4.69) is 20.4 Å². The summed E-state index contributed by atoms with van der Waals surface area (Å²) in [5.41, 5.74) is 6.84. The van der Waals surface area contributed by atoms with Crippen LogP contribution in [-0.4, -0.2) is 58.8 Å². The average molecular weight is 468 g/mol. The van der Waals surface area contributed by atoms with Gasteiger partial charge in [-0.25, -0.2) is 4.39 Å². The highest BCUT2D eigenvalue weighted by Gasteiger charge is 2.30. The molecule has 166 valence electrons. The Bertz CT molecular complexity index is 990. The van der Waals surface area contributed by atoms with E-state index < -0.39 is 5.82 Å². The standard InChI is InChI=1S/C20H24Cl2FN7O/c21-13-1-2-14(23)17(22)12(13)10-30-8-7-27-18(25)16(30)9-15(24)20-28-19(29-31-20)11-3-5-26-6-4-11/h1-2,11,16,24,26H,3-10H2,(H2,25,27).